The number of hydrogen-bond donors (Lipinski definition) is 1. The number of aromatic amines is 1. The Morgan fingerprint density at radius 3 is 2.67 bits per heavy atom. The summed E-state index contributed by atoms with van der Waals surface area (Å²) < 4.78 is 1.86. The molecule has 4 heterocycles. The molecule has 2 atom stereocenters. The van der Waals surface area contributed by atoms with Gasteiger partial charge in [-0.2, -0.15) is 10.3 Å². The molecule has 3 aromatic carbocycles. The minimum atomic E-state index is -0.00649. The van der Waals surface area contributed by atoms with E-state index in [4.69, 9.17) is 9.82 Å². The fourth-order valence-corrected chi connectivity index (χ4v) is 6.35. The maximum Gasteiger partial charge on any atom is 0.261 e. The highest BCUT2D eigenvalue weighted by atomic mass is 16.7. The summed E-state index contributed by atoms with van der Waals surface area (Å²) in [6.45, 7) is 3.62. The Balaban J connectivity index is 1.21. The zero-order valence-corrected chi connectivity index (χ0v) is 23.9. The molecule has 214 valence electrons. The Hall–Kier alpha value is -4.21. The van der Waals surface area contributed by atoms with Gasteiger partial charge in [-0.3, -0.25) is 14.2 Å². The second kappa shape index (κ2) is 11.6. The van der Waals surface area contributed by atoms with Crippen LogP contribution in [0.25, 0.3) is 33.4 Å². The largest absolute Gasteiger partial charge is 0.292 e. The van der Waals surface area contributed by atoms with Gasteiger partial charge in [0.2, 0.25) is 5.82 Å². The predicted molar refractivity (Wildman–Crippen MR) is 162 cm³/mol. The fourth-order valence-electron chi connectivity index (χ4n) is 6.35. The molecule has 0 saturated carbocycles. The van der Waals surface area contributed by atoms with Gasteiger partial charge in [0, 0.05) is 24.6 Å². The highest BCUT2D eigenvalue weighted by Crippen LogP contribution is 2.38. The van der Waals surface area contributed by atoms with E-state index in [1.165, 1.54) is 19.3 Å². The normalized spacial score (nSPS) is 18.9. The number of fused-ring (bicyclic) bond motifs is 2. The van der Waals surface area contributed by atoms with Crippen molar-refractivity contribution in [1.29, 1.82) is 0 Å². The van der Waals surface area contributed by atoms with E-state index in [0.717, 1.165) is 71.4 Å². The van der Waals surface area contributed by atoms with Crippen molar-refractivity contribution in [1.82, 2.24) is 35.2 Å². The molecule has 0 amide bonds. The van der Waals surface area contributed by atoms with Crippen molar-refractivity contribution in [3.05, 3.63) is 94.0 Å². The van der Waals surface area contributed by atoms with Gasteiger partial charge in [-0.1, -0.05) is 74.4 Å². The summed E-state index contributed by atoms with van der Waals surface area (Å²) in [6.07, 6.45) is 7.38. The second-order valence-corrected chi connectivity index (χ2v) is 11.4. The Kier molecular flexibility index (Phi) is 7.36. The van der Waals surface area contributed by atoms with E-state index in [9.17, 15) is 4.79 Å². The molecule has 2 fully saturated rings. The summed E-state index contributed by atoms with van der Waals surface area (Å²) >= 11 is 0. The lowest BCUT2D eigenvalue weighted by Crippen LogP contribution is -2.32. The number of tetrazole rings is 1. The molecule has 0 unspecified atom stereocenters. The molecule has 9 heteroatoms. The molecule has 0 radical (unpaired) electrons. The quantitative estimate of drug-likeness (QED) is 0.253. The minimum Gasteiger partial charge on any atom is -0.292 e. The average molecular weight is 562 g/mol. The van der Waals surface area contributed by atoms with Crippen LogP contribution in [0.2, 0.25) is 0 Å². The number of benzene rings is 3. The second-order valence-electron chi connectivity index (χ2n) is 11.4. The van der Waals surface area contributed by atoms with E-state index >= 15 is 0 Å². The average Bonchev–Trinajstić information content (AvgIpc) is 3.73. The molecule has 2 aromatic heterocycles. The Morgan fingerprint density at radius 2 is 1.88 bits per heavy atom. The van der Waals surface area contributed by atoms with Gasteiger partial charge in [0.05, 0.1) is 17.4 Å². The lowest BCUT2D eigenvalue weighted by Gasteiger charge is -2.26. The molecule has 2 saturated heterocycles. The molecule has 7 rings (SSSR count). The predicted octanol–water partition coefficient (Wildman–Crippen LogP) is 5.87. The molecule has 42 heavy (non-hydrogen) atoms. The third-order valence-corrected chi connectivity index (χ3v) is 8.62. The maximum atomic E-state index is 14.0. The van der Waals surface area contributed by atoms with Gasteiger partial charge in [-0.25, -0.2) is 4.98 Å². The fraction of sp³-hybridized carbons (Fsp3) is 0.364. The van der Waals surface area contributed by atoms with Crippen LogP contribution in [-0.4, -0.2) is 47.8 Å². The Morgan fingerprint density at radius 1 is 1.02 bits per heavy atom. The van der Waals surface area contributed by atoms with Crippen LogP contribution in [-0.2, 0) is 17.8 Å². The first-order chi connectivity index (χ1) is 20.7. The Bertz CT molecular complexity index is 1730. The van der Waals surface area contributed by atoms with E-state index in [0.29, 0.717) is 23.8 Å². The topological polar surface area (TPSA) is 102 Å². The monoisotopic (exact) mass is 561 g/mol. The molecular formula is C33H35N7O2. The van der Waals surface area contributed by atoms with E-state index < -0.39 is 0 Å². The third-order valence-electron chi connectivity index (χ3n) is 8.62. The first kappa shape index (κ1) is 26.7. The molecule has 2 aliphatic rings. The number of hydrogen-bond acceptors (Lipinski definition) is 7. The number of H-pyrrole nitrogens is 1. The molecule has 0 aliphatic carbocycles. The van der Waals surface area contributed by atoms with Crippen LogP contribution < -0.4 is 5.56 Å². The summed E-state index contributed by atoms with van der Waals surface area (Å²) in [5.41, 5.74) is 5.86. The lowest BCUT2D eigenvalue weighted by atomic mass is 9.97. The molecule has 1 N–H and O–H groups in total. The summed E-state index contributed by atoms with van der Waals surface area (Å²) in [6, 6.07) is 23.0. The van der Waals surface area contributed by atoms with Crippen molar-refractivity contribution >= 4 is 10.9 Å². The highest BCUT2D eigenvalue weighted by molar-refractivity contribution is 5.80. The molecule has 0 bridgehead atoms. The summed E-state index contributed by atoms with van der Waals surface area (Å²) in [5, 5.41) is 17.4. The molecule has 5 aromatic rings. The van der Waals surface area contributed by atoms with Gasteiger partial charge < -0.3 is 0 Å². The number of piperidine rings is 1. The molecule has 2 aliphatic heterocycles. The SMILES string of the molecule is CCCCc1nc2ccc([C@@H]3C[C@@H]4CCCCN4O3)cc2c(=O)n1Cc1ccc(-c2ccccc2-c2nn[nH]n2)cc1. The van der Waals surface area contributed by atoms with Crippen molar-refractivity contribution in [2.24, 2.45) is 0 Å². The standard InChI is InChI=1S/C33H35N7O2/c1-2-3-11-31-34-29-17-16-24(30-20-25-8-6-7-18-40(25)42-30)19-28(29)33(41)39(31)21-22-12-14-23(15-13-22)26-9-4-5-10-27(26)32-35-37-38-36-32/h4-5,9-10,12-17,19,25,30H,2-3,6-8,11,18,20-21H2,1H3,(H,35,36,37,38)/t25-,30-/m0/s1. The van der Waals surface area contributed by atoms with Gasteiger partial charge in [-0.05, 0) is 65.3 Å². The number of aromatic nitrogens is 6. The number of aryl methyl sites for hydroxylation is 1. The van der Waals surface area contributed by atoms with Gasteiger partial charge in [-0.15, -0.1) is 10.2 Å². The summed E-state index contributed by atoms with van der Waals surface area (Å²) in [7, 11) is 0. The van der Waals surface area contributed by atoms with E-state index in [-0.39, 0.29) is 11.7 Å². The van der Waals surface area contributed by atoms with Crippen molar-refractivity contribution < 1.29 is 4.84 Å². The number of nitrogens with one attached hydrogen (secondary N) is 1. The van der Waals surface area contributed by atoms with Crippen LogP contribution in [0.15, 0.2) is 71.5 Å². The lowest BCUT2D eigenvalue weighted by molar-refractivity contribution is -0.173. The summed E-state index contributed by atoms with van der Waals surface area (Å²) in [4.78, 5) is 25.4. The van der Waals surface area contributed by atoms with Crippen molar-refractivity contribution in [2.75, 3.05) is 6.54 Å². The number of unbranched alkanes of at least 4 members (excludes halogenated alkanes) is 1. The number of rotatable bonds is 8. The molecule has 9 nitrogen and oxygen atoms in total. The van der Waals surface area contributed by atoms with E-state index in [2.05, 4.69) is 69.0 Å². The van der Waals surface area contributed by atoms with Gasteiger partial charge in [0.15, 0.2) is 0 Å². The minimum absolute atomic E-state index is 0.00649. The van der Waals surface area contributed by atoms with Gasteiger partial charge in [0.1, 0.15) is 11.9 Å². The third kappa shape index (κ3) is 5.14. The zero-order valence-electron chi connectivity index (χ0n) is 23.9. The maximum absolute atomic E-state index is 14.0. The smallest absolute Gasteiger partial charge is 0.261 e. The summed E-state index contributed by atoms with van der Waals surface area (Å²) in [5.74, 6) is 1.39. The first-order valence-corrected chi connectivity index (χ1v) is 15.1. The number of hydroxylamine groups is 2. The van der Waals surface area contributed by atoms with Crippen molar-refractivity contribution in [2.45, 2.75) is 70.6 Å². The highest BCUT2D eigenvalue weighted by Gasteiger charge is 2.35. The van der Waals surface area contributed by atoms with Crippen LogP contribution >= 0.6 is 0 Å². The molecule has 0 spiro atoms. The van der Waals surface area contributed by atoms with E-state index in [1.54, 1.807) is 0 Å². The molecular weight excluding hydrogens is 526 g/mol. The van der Waals surface area contributed by atoms with Gasteiger partial charge >= 0.3 is 0 Å². The zero-order chi connectivity index (χ0) is 28.5. The van der Waals surface area contributed by atoms with Crippen molar-refractivity contribution in [3.63, 3.8) is 0 Å². The number of nitrogens with zero attached hydrogens (tertiary/aromatic N) is 6. The van der Waals surface area contributed by atoms with Crippen LogP contribution in [0.5, 0.6) is 0 Å². The van der Waals surface area contributed by atoms with Crippen LogP contribution in [0, 0.1) is 0 Å². The Labute approximate surface area is 244 Å². The van der Waals surface area contributed by atoms with Crippen LogP contribution in [0.1, 0.15) is 68.5 Å². The van der Waals surface area contributed by atoms with Gasteiger partial charge in [0.25, 0.3) is 5.56 Å². The van der Waals surface area contributed by atoms with Crippen molar-refractivity contribution in [3.8, 4) is 22.5 Å². The first-order valence-electron chi connectivity index (χ1n) is 15.1. The van der Waals surface area contributed by atoms with Crippen LogP contribution in [0.4, 0.5) is 0 Å². The van der Waals surface area contributed by atoms with E-state index in [1.807, 2.05) is 34.9 Å². The van der Waals surface area contributed by atoms with Crippen LogP contribution in [0.3, 0.4) is 0 Å².